The van der Waals surface area contributed by atoms with Gasteiger partial charge in [0, 0.05) is 34.8 Å². The van der Waals surface area contributed by atoms with E-state index >= 15 is 0 Å². The van der Waals surface area contributed by atoms with Crippen LogP contribution in [0.5, 0.6) is 5.75 Å². The highest BCUT2D eigenvalue weighted by molar-refractivity contribution is 6.06. The van der Waals surface area contributed by atoms with Gasteiger partial charge in [0.05, 0.1) is 31.8 Å². The van der Waals surface area contributed by atoms with Crippen molar-refractivity contribution in [3.05, 3.63) is 70.4 Å². The number of hydrogen-bond donors (Lipinski definition) is 2. The fourth-order valence-electron chi connectivity index (χ4n) is 4.97. The van der Waals surface area contributed by atoms with Crippen LogP contribution in [0.4, 0.5) is 0 Å². The fraction of sp³-hybridized carbons (Fsp3) is 0.286. The van der Waals surface area contributed by atoms with Gasteiger partial charge in [0.25, 0.3) is 5.91 Å². The number of methoxy groups -OCH3 is 2. The summed E-state index contributed by atoms with van der Waals surface area (Å²) in [4.78, 5) is 51.0. The zero-order chi connectivity index (χ0) is 27.6. The van der Waals surface area contributed by atoms with Crippen LogP contribution >= 0.6 is 0 Å². The second-order valence-corrected chi connectivity index (χ2v) is 9.03. The van der Waals surface area contributed by atoms with Gasteiger partial charge in [0.1, 0.15) is 12.3 Å². The Morgan fingerprint density at radius 1 is 0.974 bits per heavy atom. The molecule has 2 aromatic carbocycles. The number of aromatic carboxylic acids is 1. The van der Waals surface area contributed by atoms with Gasteiger partial charge in [-0.05, 0) is 61.2 Å². The monoisotopic (exact) mass is 520 g/mol. The second-order valence-electron chi connectivity index (χ2n) is 9.03. The Labute approximate surface area is 218 Å². The van der Waals surface area contributed by atoms with Crippen LogP contribution in [0.25, 0.3) is 16.5 Å². The number of carbonyl (C=O) groups is 4. The first-order chi connectivity index (χ1) is 18.2. The third kappa shape index (κ3) is 4.97. The van der Waals surface area contributed by atoms with Gasteiger partial charge in [0.15, 0.2) is 0 Å². The van der Waals surface area contributed by atoms with E-state index in [0.29, 0.717) is 58.3 Å². The van der Waals surface area contributed by atoms with Crippen molar-refractivity contribution in [1.82, 2.24) is 9.47 Å². The molecule has 0 fully saturated rings. The summed E-state index contributed by atoms with van der Waals surface area (Å²) >= 11 is 0. The average molecular weight is 521 g/mol. The largest absolute Gasteiger partial charge is 0.497 e. The van der Waals surface area contributed by atoms with Gasteiger partial charge in [-0.2, -0.15) is 0 Å². The SMILES string of the molecule is COC(=O)C1=C(c2c(CN(C)C(=O)c3ccc(OC)cc3)n(CC(=O)O)c3cc(C(=O)O)ccc23)CCC1. The molecule has 1 heterocycles. The molecular formula is C28H28N2O8. The summed E-state index contributed by atoms with van der Waals surface area (Å²) < 4.78 is 11.7. The van der Waals surface area contributed by atoms with E-state index in [4.69, 9.17) is 9.47 Å². The quantitative estimate of drug-likeness (QED) is 0.407. The van der Waals surface area contributed by atoms with E-state index in [1.807, 2.05) is 0 Å². The van der Waals surface area contributed by atoms with Crippen molar-refractivity contribution >= 4 is 40.3 Å². The van der Waals surface area contributed by atoms with Crippen LogP contribution in [0.2, 0.25) is 0 Å². The van der Waals surface area contributed by atoms with Crippen molar-refractivity contribution in [3.8, 4) is 5.75 Å². The molecule has 198 valence electrons. The molecular weight excluding hydrogens is 492 g/mol. The molecule has 10 heteroatoms. The van der Waals surface area contributed by atoms with E-state index in [2.05, 4.69) is 0 Å². The van der Waals surface area contributed by atoms with Crippen molar-refractivity contribution in [3.63, 3.8) is 0 Å². The molecule has 38 heavy (non-hydrogen) atoms. The third-order valence-electron chi connectivity index (χ3n) is 6.73. The lowest BCUT2D eigenvalue weighted by atomic mass is 9.97. The molecule has 1 aromatic heterocycles. The van der Waals surface area contributed by atoms with E-state index in [0.717, 1.165) is 5.57 Å². The lowest BCUT2D eigenvalue weighted by molar-refractivity contribution is -0.138. The molecule has 1 aliphatic rings. The molecule has 0 saturated carbocycles. The maximum Gasteiger partial charge on any atom is 0.335 e. The Bertz CT molecular complexity index is 1470. The number of carboxylic acid groups (broad SMARTS) is 2. The smallest absolute Gasteiger partial charge is 0.335 e. The molecule has 1 amide bonds. The number of carboxylic acids is 2. The molecule has 1 aliphatic carbocycles. The fourth-order valence-corrected chi connectivity index (χ4v) is 4.97. The van der Waals surface area contributed by atoms with E-state index in [1.54, 1.807) is 37.4 Å². The molecule has 4 rings (SSSR count). The summed E-state index contributed by atoms with van der Waals surface area (Å²) in [6, 6.07) is 11.1. The predicted octanol–water partition coefficient (Wildman–Crippen LogP) is 3.82. The van der Waals surface area contributed by atoms with Gasteiger partial charge >= 0.3 is 17.9 Å². The number of hydrogen-bond acceptors (Lipinski definition) is 6. The Morgan fingerprint density at radius 3 is 2.26 bits per heavy atom. The van der Waals surface area contributed by atoms with Crippen LogP contribution in [0.1, 0.15) is 51.2 Å². The number of benzene rings is 2. The summed E-state index contributed by atoms with van der Waals surface area (Å²) in [7, 11) is 4.44. The molecule has 2 N–H and O–H groups in total. The number of ether oxygens (including phenoxy) is 2. The highest BCUT2D eigenvalue weighted by Gasteiger charge is 2.30. The van der Waals surface area contributed by atoms with Crippen molar-refractivity contribution in [1.29, 1.82) is 0 Å². The molecule has 10 nitrogen and oxygen atoms in total. The molecule has 0 saturated heterocycles. The molecule has 0 atom stereocenters. The van der Waals surface area contributed by atoms with Crippen LogP contribution in [-0.4, -0.2) is 64.8 Å². The topological polar surface area (TPSA) is 135 Å². The summed E-state index contributed by atoms with van der Waals surface area (Å²) in [5, 5.41) is 19.9. The van der Waals surface area contributed by atoms with Crippen molar-refractivity contribution in [2.75, 3.05) is 21.3 Å². The lowest BCUT2D eigenvalue weighted by Gasteiger charge is -2.21. The first-order valence-corrected chi connectivity index (χ1v) is 12.0. The summed E-state index contributed by atoms with van der Waals surface area (Å²) in [6.07, 6.45) is 1.76. The molecule has 0 bridgehead atoms. The van der Waals surface area contributed by atoms with E-state index in [9.17, 15) is 29.4 Å². The van der Waals surface area contributed by atoms with E-state index in [-0.39, 0.29) is 18.0 Å². The Balaban J connectivity index is 1.92. The standard InChI is InChI=1S/C28H28N2O8/c1-29(26(33)16-7-10-18(37-2)11-8-16)14-23-25(19-5-4-6-20(19)28(36)38-3)21-12-9-17(27(34)35)13-22(21)30(23)15-24(31)32/h7-13H,4-6,14-15H2,1-3H3,(H,31,32)(H,34,35). The van der Waals surface area contributed by atoms with Gasteiger partial charge in [-0.25, -0.2) is 9.59 Å². The van der Waals surface area contributed by atoms with Gasteiger partial charge in [0.2, 0.25) is 0 Å². The number of carbonyl (C=O) groups excluding carboxylic acids is 2. The number of rotatable bonds is 9. The van der Waals surface area contributed by atoms with Crippen molar-refractivity contribution in [2.24, 2.45) is 0 Å². The summed E-state index contributed by atoms with van der Waals surface area (Å²) in [5.74, 6) is -2.45. The number of aliphatic carboxylic acids is 1. The number of fused-ring (bicyclic) bond motifs is 1. The van der Waals surface area contributed by atoms with Crippen LogP contribution in [0.3, 0.4) is 0 Å². The Morgan fingerprint density at radius 2 is 1.66 bits per heavy atom. The minimum absolute atomic E-state index is 0.00371. The first kappa shape index (κ1) is 26.5. The maximum absolute atomic E-state index is 13.3. The summed E-state index contributed by atoms with van der Waals surface area (Å²) in [6.45, 7) is -0.442. The van der Waals surface area contributed by atoms with Gasteiger partial charge in [-0.3, -0.25) is 9.59 Å². The van der Waals surface area contributed by atoms with Crippen LogP contribution in [0.15, 0.2) is 48.0 Å². The first-order valence-electron chi connectivity index (χ1n) is 12.0. The highest BCUT2D eigenvalue weighted by atomic mass is 16.5. The highest BCUT2D eigenvalue weighted by Crippen LogP contribution is 2.42. The number of nitrogens with zero attached hydrogens (tertiary/aromatic N) is 2. The van der Waals surface area contributed by atoms with Gasteiger partial charge in [-0.15, -0.1) is 0 Å². The van der Waals surface area contributed by atoms with Gasteiger partial charge < -0.3 is 29.2 Å². The molecule has 3 aromatic rings. The van der Waals surface area contributed by atoms with Crippen LogP contribution < -0.4 is 4.74 Å². The Hall–Kier alpha value is -4.60. The normalized spacial score (nSPS) is 13.0. The van der Waals surface area contributed by atoms with E-state index < -0.39 is 24.5 Å². The number of amides is 1. The average Bonchev–Trinajstić information content (AvgIpc) is 3.50. The van der Waals surface area contributed by atoms with E-state index in [1.165, 1.54) is 35.8 Å². The zero-order valence-electron chi connectivity index (χ0n) is 21.3. The summed E-state index contributed by atoms with van der Waals surface area (Å²) in [5.41, 5.74) is 3.14. The van der Waals surface area contributed by atoms with Crippen molar-refractivity contribution < 1.29 is 38.9 Å². The third-order valence-corrected chi connectivity index (χ3v) is 6.73. The molecule has 0 radical (unpaired) electrons. The number of allylic oxidation sites excluding steroid dienone is 1. The lowest BCUT2D eigenvalue weighted by Crippen LogP contribution is -2.28. The molecule has 0 spiro atoms. The predicted molar refractivity (Wildman–Crippen MR) is 138 cm³/mol. The molecule has 0 unspecified atom stereocenters. The van der Waals surface area contributed by atoms with Gasteiger partial charge in [-0.1, -0.05) is 6.07 Å². The second kappa shape index (κ2) is 10.8. The minimum Gasteiger partial charge on any atom is -0.497 e. The number of esters is 1. The minimum atomic E-state index is -1.15. The van der Waals surface area contributed by atoms with Crippen molar-refractivity contribution in [2.45, 2.75) is 32.4 Å². The number of aromatic nitrogens is 1. The van der Waals surface area contributed by atoms with Crippen LogP contribution in [0, 0.1) is 0 Å². The molecule has 0 aliphatic heterocycles. The maximum atomic E-state index is 13.3. The zero-order valence-corrected chi connectivity index (χ0v) is 21.3. The van der Waals surface area contributed by atoms with Crippen LogP contribution in [-0.2, 0) is 27.4 Å². The Kier molecular flexibility index (Phi) is 7.52.